The van der Waals surface area contributed by atoms with E-state index in [0.29, 0.717) is 37.6 Å². The van der Waals surface area contributed by atoms with Gasteiger partial charge in [-0.3, -0.25) is 9.59 Å². The number of benzene rings is 1. The molecule has 0 spiro atoms. The molecule has 0 bridgehead atoms. The van der Waals surface area contributed by atoms with Gasteiger partial charge >= 0.3 is 0 Å². The third-order valence-corrected chi connectivity index (χ3v) is 5.18. The molecule has 2 saturated heterocycles. The molecule has 2 aliphatic rings. The number of nitrogens with zero attached hydrogens (tertiary/aromatic N) is 1. The summed E-state index contributed by atoms with van der Waals surface area (Å²) in [4.78, 5) is 26.9. The Labute approximate surface area is 172 Å². The highest BCUT2D eigenvalue weighted by Gasteiger charge is 2.28. The molecule has 1 aromatic carbocycles. The Bertz CT molecular complexity index is 654. The van der Waals surface area contributed by atoms with Crippen LogP contribution in [0, 0.1) is 5.92 Å². The second-order valence-electron chi connectivity index (χ2n) is 7.51. The smallest absolute Gasteiger partial charge is 0.254 e. The third kappa shape index (κ3) is 5.67. The number of ether oxygens (including phenoxy) is 2. The highest BCUT2D eigenvalue weighted by atomic mass is 35.5. The molecule has 3 unspecified atom stereocenters. The normalized spacial score (nSPS) is 24.2. The molecule has 28 heavy (non-hydrogen) atoms. The Morgan fingerprint density at radius 2 is 1.68 bits per heavy atom. The number of carbonyl (C=O) groups excluding carboxylic acids is 2. The zero-order valence-electron chi connectivity index (χ0n) is 16.4. The molecule has 2 heterocycles. The van der Waals surface area contributed by atoms with E-state index in [9.17, 15) is 9.59 Å². The Kier molecular flexibility index (Phi) is 8.24. The number of nitrogens with two attached hydrogens (primary N) is 1. The topological polar surface area (TPSA) is 93.9 Å². The zero-order valence-corrected chi connectivity index (χ0v) is 17.2. The van der Waals surface area contributed by atoms with E-state index in [0.717, 1.165) is 12.8 Å². The number of halogens is 1. The van der Waals surface area contributed by atoms with E-state index < -0.39 is 6.04 Å². The van der Waals surface area contributed by atoms with Crippen LogP contribution in [0.25, 0.3) is 0 Å². The number of amides is 2. The van der Waals surface area contributed by atoms with Crippen molar-refractivity contribution >= 4 is 29.9 Å². The highest BCUT2D eigenvalue weighted by molar-refractivity contribution is 5.97. The van der Waals surface area contributed by atoms with Crippen LogP contribution >= 0.6 is 12.4 Å². The van der Waals surface area contributed by atoms with Gasteiger partial charge in [0.15, 0.2) is 0 Å². The molecule has 0 radical (unpaired) electrons. The quantitative estimate of drug-likeness (QED) is 0.790. The fraction of sp³-hybridized carbons (Fsp3) is 0.600. The SMILES string of the molecule is CC1CN(C(=O)c2ccc(NC(=O)C(N)C3CCOCC3)cc2)CC(C)O1.Cl. The molecular formula is C20H30ClN3O4. The lowest BCUT2D eigenvalue weighted by molar-refractivity contribution is -0.119. The molecule has 3 atom stereocenters. The Morgan fingerprint density at radius 1 is 1.11 bits per heavy atom. The fourth-order valence-corrected chi connectivity index (χ4v) is 3.74. The molecule has 7 nitrogen and oxygen atoms in total. The maximum absolute atomic E-state index is 12.7. The summed E-state index contributed by atoms with van der Waals surface area (Å²) in [6.45, 7) is 6.41. The van der Waals surface area contributed by atoms with Crippen LogP contribution in [0.4, 0.5) is 5.69 Å². The van der Waals surface area contributed by atoms with Gasteiger partial charge < -0.3 is 25.4 Å². The van der Waals surface area contributed by atoms with E-state index >= 15 is 0 Å². The summed E-state index contributed by atoms with van der Waals surface area (Å²) in [6.07, 6.45) is 1.67. The Morgan fingerprint density at radius 3 is 2.25 bits per heavy atom. The first-order valence-corrected chi connectivity index (χ1v) is 9.63. The minimum absolute atomic E-state index is 0. The number of carbonyl (C=O) groups is 2. The predicted octanol–water partition coefficient (Wildman–Crippen LogP) is 2.05. The first-order valence-electron chi connectivity index (χ1n) is 9.63. The van der Waals surface area contributed by atoms with Crippen LogP contribution in [0.5, 0.6) is 0 Å². The molecule has 3 N–H and O–H groups in total. The molecule has 0 aromatic heterocycles. The van der Waals surface area contributed by atoms with Crippen molar-refractivity contribution in [1.82, 2.24) is 4.90 Å². The Hall–Kier alpha value is -1.67. The minimum Gasteiger partial charge on any atom is -0.381 e. The van der Waals surface area contributed by atoms with Gasteiger partial charge in [-0.1, -0.05) is 0 Å². The molecule has 2 fully saturated rings. The monoisotopic (exact) mass is 411 g/mol. The lowest BCUT2D eigenvalue weighted by atomic mass is 9.92. The summed E-state index contributed by atoms with van der Waals surface area (Å²) >= 11 is 0. The molecule has 0 aliphatic carbocycles. The summed E-state index contributed by atoms with van der Waals surface area (Å²) in [5.41, 5.74) is 7.34. The van der Waals surface area contributed by atoms with Crippen molar-refractivity contribution in [3.05, 3.63) is 29.8 Å². The molecule has 156 valence electrons. The maximum atomic E-state index is 12.7. The van der Waals surface area contributed by atoms with Gasteiger partial charge in [0.25, 0.3) is 5.91 Å². The van der Waals surface area contributed by atoms with Gasteiger partial charge in [0, 0.05) is 37.6 Å². The van der Waals surface area contributed by atoms with Crippen LogP contribution < -0.4 is 11.1 Å². The van der Waals surface area contributed by atoms with Crippen molar-refractivity contribution < 1.29 is 19.1 Å². The maximum Gasteiger partial charge on any atom is 0.254 e. The number of morpholine rings is 1. The number of hydrogen-bond acceptors (Lipinski definition) is 5. The standard InChI is InChI=1S/C20H29N3O4.ClH/c1-13-11-23(12-14(2)27-13)20(25)16-3-5-17(6-4-16)22-19(24)18(21)15-7-9-26-10-8-15;/h3-6,13-15,18H,7-12,21H2,1-2H3,(H,22,24);1H. The average molecular weight is 412 g/mol. The van der Waals surface area contributed by atoms with E-state index in [4.69, 9.17) is 15.2 Å². The average Bonchev–Trinajstić information content (AvgIpc) is 2.67. The summed E-state index contributed by atoms with van der Waals surface area (Å²) in [6, 6.07) is 6.42. The van der Waals surface area contributed by atoms with E-state index in [1.807, 2.05) is 18.7 Å². The van der Waals surface area contributed by atoms with Crippen molar-refractivity contribution in [3.63, 3.8) is 0 Å². The van der Waals surface area contributed by atoms with Crippen LogP contribution in [0.15, 0.2) is 24.3 Å². The van der Waals surface area contributed by atoms with E-state index in [-0.39, 0.29) is 42.3 Å². The predicted molar refractivity (Wildman–Crippen MR) is 110 cm³/mol. The molecule has 2 amide bonds. The lowest BCUT2D eigenvalue weighted by Crippen LogP contribution is -2.48. The van der Waals surface area contributed by atoms with Crippen molar-refractivity contribution in [2.24, 2.45) is 11.7 Å². The van der Waals surface area contributed by atoms with Crippen molar-refractivity contribution in [2.75, 3.05) is 31.6 Å². The lowest BCUT2D eigenvalue weighted by Gasteiger charge is -2.35. The number of hydrogen-bond donors (Lipinski definition) is 2. The first kappa shape index (κ1) is 22.6. The van der Waals surface area contributed by atoms with Crippen LogP contribution in [-0.2, 0) is 14.3 Å². The van der Waals surface area contributed by atoms with Gasteiger partial charge in [0.05, 0.1) is 18.2 Å². The summed E-state index contributed by atoms with van der Waals surface area (Å²) < 4.78 is 11.0. The minimum atomic E-state index is -0.550. The van der Waals surface area contributed by atoms with Gasteiger partial charge in [-0.25, -0.2) is 0 Å². The van der Waals surface area contributed by atoms with E-state index in [1.165, 1.54) is 0 Å². The molecule has 0 saturated carbocycles. The Balaban J connectivity index is 0.00000280. The number of nitrogens with one attached hydrogen (secondary N) is 1. The van der Waals surface area contributed by atoms with Crippen LogP contribution in [0.1, 0.15) is 37.0 Å². The number of rotatable bonds is 4. The van der Waals surface area contributed by atoms with Gasteiger partial charge in [-0.05, 0) is 56.9 Å². The molecule has 3 rings (SSSR count). The largest absolute Gasteiger partial charge is 0.381 e. The van der Waals surface area contributed by atoms with E-state index in [2.05, 4.69) is 5.32 Å². The second-order valence-corrected chi connectivity index (χ2v) is 7.51. The van der Waals surface area contributed by atoms with Crippen molar-refractivity contribution in [2.45, 2.75) is 44.9 Å². The third-order valence-electron chi connectivity index (χ3n) is 5.18. The van der Waals surface area contributed by atoms with Gasteiger partial charge in [-0.2, -0.15) is 0 Å². The van der Waals surface area contributed by atoms with E-state index in [1.54, 1.807) is 24.3 Å². The molecule has 8 heteroatoms. The van der Waals surface area contributed by atoms with Gasteiger partial charge in [0.1, 0.15) is 0 Å². The highest BCUT2D eigenvalue weighted by Crippen LogP contribution is 2.20. The molecule has 1 aromatic rings. The summed E-state index contributed by atoms with van der Waals surface area (Å²) in [7, 11) is 0. The van der Waals surface area contributed by atoms with Crippen molar-refractivity contribution in [1.29, 1.82) is 0 Å². The number of anilines is 1. The summed E-state index contributed by atoms with van der Waals surface area (Å²) in [5.74, 6) is -0.0736. The van der Waals surface area contributed by atoms with Crippen LogP contribution in [0.2, 0.25) is 0 Å². The van der Waals surface area contributed by atoms with Crippen LogP contribution in [-0.4, -0.2) is 61.3 Å². The molecule has 2 aliphatic heterocycles. The second kappa shape index (κ2) is 10.2. The summed E-state index contributed by atoms with van der Waals surface area (Å²) in [5, 5.41) is 2.85. The van der Waals surface area contributed by atoms with Crippen molar-refractivity contribution in [3.8, 4) is 0 Å². The van der Waals surface area contributed by atoms with Gasteiger partial charge in [-0.15, -0.1) is 12.4 Å². The van der Waals surface area contributed by atoms with Gasteiger partial charge in [0.2, 0.25) is 5.91 Å². The first-order chi connectivity index (χ1) is 12.9. The fourth-order valence-electron chi connectivity index (χ4n) is 3.74. The van der Waals surface area contributed by atoms with Crippen LogP contribution in [0.3, 0.4) is 0 Å². The zero-order chi connectivity index (χ0) is 19.4. The molecular weight excluding hydrogens is 382 g/mol.